The van der Waals surface area contributed by atoms with E-state index in [1.807, 2.05) is 0 Å². The van der Waals surface area contributed by atoms with Crippen LogP contribution in [0.5, 0.6) is 11.5 Å². The fourth-order valence-corrected chi connectivity index (χ4v) is 1.26. The molecule has 0 saturated carbocycles. The van der Waals surface area contributed by atoms with E-state index < -0.39 is 6.61 Å². The lowest BCUT2D eigenvalue weighted by Gasteiger charge is -2.10. The molecule has 0 unspecified atom stereocenters. The van der Waals surface area contributed by atoms with Gasteiger partial charge in [0.25, 0.3) is 5.96 Å². The van der Waals surface area contributed by atoms with Crippen LogP contribution in [0.15, 0.2) is 23.3 Å². The molecule has 0 fully saturated rings. The lowest BCUT2D eigenvalue weighted by Crippen LogP contribution is -2.63. The Morgan fingerprint density at radius 2 is 2.16 bits per heavy atom. The predicted molar refractivity (Wildman–Crippen MR) is 66.2 cm³/mol. The number of guanidine groups is 1. The first-order valence-electron chi connectivity index (χ1n) is 5.42. The van der Waals surface area contributed by atoms with Crippen molar-refractivity contribution in [2.45, 2.75) is 13.5 Å². The summed E-state index contributed by atoms with van der Waals surface area (Å²) in [7, 11) is 0. The maximum Gasteiger partial charge on any atom is 0.387 e. The van der Waals surface area contributed by atoms with Crippen molar-refractivity contribution in [2.75, 3.05) is 6.61 Å². The molecule has 0 bridgehead atoms. The second kappa shape index (κ2) is 7.14. The van der Waals surface area contributed by atoms with E-state index >= 15 is 0 Å². The van der Waals surface area contributed by atoms with Crippen LogP contribution >= 0.6 is 0 Å². The van der Waals surface area contributed by atoms with Gasteiger partial charge in [-0.15, -0.1) is 5.10 Å². The van der Waals surface area contributed by atoms with Gasteiger partial charge in [-0.25, -0.2) is 0 Å². The van der Waals surface area contributed by atoms with Crippen molar-refractivity contribution in [3.8, 4) is 11.5 Å². The van der Waals surface area contributed by atoms with Gasteiger partial charge in [-0.05, 0) is 25.1 Å². The van der Waals surface area contributed by atoms with Crippen molar-refractivity contribution in [3.63, 3.8) is 0 Å². The van der Waals surface area contributed by atoms with E-state index in [9.17, 15) is 8.78 Å². The Morgan fingerprint density at radius 3 is 2.74 bits per heavy atom. The maximum absolute atomic E-state index is 12.2. The zero-order valence-electron chi connectivity index (χ0n) is 10.3. The standard InChI is InChI=1S/C11H14F2N4O2/c1-2-18-9-5-7(6-16-17-11(14)15)3-4-8(9)19-10(12)13/h3-6,10H,2H2,1H3,(H4,14,15,17)/p+1/b16-6-. The van der Waals surface area contributed by atoms with Crippen molar-refractivity contribution < 1.29 is 23.4 Å². The van der Waals surface area contributed by atoms with E-state index in [2.05, 4.69) is 14.9 Å². The van der Waals surface area contributed by atoms with Crippen LogP contribution in [-0.2, 0) is 0 Å². The van der Waals surface area contributed by atoms with Crippen molar-refractivity contribution in [1.29, 1.82) is 0 Å². The molecule has 0 aliphatic carbocycles. The van der Waals surface area contributed by atoms with Crippen LogP contribution in [0, 0.1) is 0 Å². The lowest BCUT2D eigenvalue weighted by molar-refractivity contribution is -0.456. The van der Waals surface area contributed by atoms with Crippen LogP contribution in [0.3, 0.4) is 0 Å². The highest BCUT2D eigenvalue weighted by Crippen LogP contribution is 2.29. The zero-order chi connectivity index (χ0) is 14.3. The third-order valence-corrected chi connectivity index (χ3v) is 1.91. The van der Waals surface area contributed by atoms with Crippen LogP contribution in [0.25, 0.3) is 0 Å². The number of halogens is 2. The Labute approximate surface area is 108 Å². The first-order chi connectivity index (χ1) is 9.02. The average molecular weight is 273 g/mol. The molecule has 0 atom stereocenters. The predicted octanol–water partition coefficient (Wildman–Crippen LogP) is -0.625. The minimum atomic E-state index is -2.91. The van der Waals surface area contributed by atoms with E-state index in [1.54, 1.807) is 13.0 Å². The number of nitrogens with one attached hydrogen (secondary N) is 1. The van der Waals surface area contributed by atoms with Gasteiger partial charge in [-0.2, -0.15) is 8.78 Å². The number of rotatable bonds is 6. The molecule has 0 spiro atoms. The Hall–Kier alpha value is -2.38. The Kier molecular flexibility index (Phi) is 5.52. The summed E-state index contributed by atoms with van der Waals surface area (Å²) in [6, 6.07) is 4.45. The average Bonchev–Trinajstić information content (AvgIpc) is 2.31. The Bertz CT molecular complexity index is 474. The van der Waals surface area contributed by atoms with Gasteiger partial charge in [-0.1, -0.05) is 0 Å². The topological polar surface area (TPSA) is 96.8 Å². The van der Waals surface area contributed by atoms with E-state index in [-0.39, 0.29) is 17.5 Å². The van der Waals surface area contributed by atoms with Crippen LogP contribution < -0.4 is 26.0 Å². The molecule has 1 aromatic carbocycles. The molecular weight excluding hydrogens is 258 g/mol. The molecule has 5 N–H and O–H groups in total. The monoisotopic (exact) mass is 273 g/mol. The highest BCUT2D eigenvalue weighted by molar-refractivity contribution is 5.78. The van der Waals surface area contributed by atoms with Gasteiger partial charge in [0.05, 0.1) is 6.61 Å². The first kappa shape index (κ1) is 14.7. The maximum atomic E-state index is 12.2. The third-order valence-electron chi connectivity index (χ3n) is 1.91. The summed E-state index contributed by atoms with van der Waals surface area (Å²) >= 11 is 0. The number of alkyl halides is 2. The van der Waals surface area contributed by atoms with Gasteiger partial charge in [0, 0.05) is 10.7 Å². The molecule has 1 rings (SSSR count). The highest BCUT2D eigenvalue weighted by Gasteiger charge is 2.11. The van der Waals surface area contributed by atoms with E-state index in [4.69, 9.17) is 16.2 Å². The first-order valence-corrected chi connectivity index (χ1v) is 5.42. The van der Waals surface area contributed by atoms with Crippen molar-refractivity contribution in [2.24, 2.45) is 16.6 Å². The minimum Gasteiger partial charge on any atom is -0.490 e. The van der Waals surface area contributed by atoms with Crippen LogP contribution in [-0.4, -0.2) is 25.4 Å². The van der Waals surface area contributed by atoms with Crippen molar-refractivity contribution in [3.05, 3.63) is 23.8 Å². The number of benzene rings is 1. The third kappa shape index (κ3) is 5.19. The van der Waals surface area contributed by atoms with Crippen LogP contribution in [0.4, 0.5) is 8.78 Å². The molecule has 0 aromatic heterocycles. The van der Waals surface area contributed by atoms with Gasteiger partial charge < -0.3 is 20.9 Å². The molecule has 0 radical (unpaired) electrons. The summed E-state index contributed by atoms with van der Waals surface area (Å²) in [6.07, 6.45) is 1.48. The van der Waals surface area contributed by atoms with Gasteiger partial charge in [-0.3, -0.25) is 0 Å². The number of ether oxygens (including phenoxy) is 2. The number of hydrogen-bond donors (Lipinski definition) is 3. The van der Waals surface area contributed by atoms with E-state index in [1.165, 1.54) is 18.3 Å². The summed E-state index contributed by atoms with van der Waals surface area (Å²) in [5.41, 5.74) is 10.9. The molecule has 104 valence electrons. The SMILES string of the molecule is CCOc1cc(/C=[NH+]\N=C(N)N)ccc1OC(F)F. The fraction of sp³-hybridized carbons (Fsp3) is 0.273. The van der Waals surface area contributed by atoms with E-state index in [0.29, 0.717) is 12.2 Å². The number of hydrazone groups is 1. The number of nitrogens with two attached hydrogens (primary N) is 2. The smallest absolute Gasteiger partial charge is 0.387 e. The number of nitrogens with zero attached hydrogens (tertiary/aromatic N) is 1. The summed E-state index contributed by atoms with van der Waals surface area (Å²) in [6.45, 7) is -0.848. The van der Waals surface area contributed by atoms with Gasteiger partial charge >= 0.3 is 6.61 Å². The van der Waals surface area contributed by atoms with Crippen LogP contribution in [0.1, 0.15) is 12.5 Å². The van der Waals surface area contributed by atoms with Crippen LogP contribution in [0.2, 0.25) is 0 Å². The summed E-state index contributed by atoms with van der Waals surface area (Å²) in [5.74, 6) is 0.0535. The van der Waals surface area contributed by atoms with Gasteiger partial charge in [0.2, 0.25) is 6.21 Å². The molecular formula is C11H15F2N4O2+. The molecule has 0 amide bonds. The van der Waals surface area contributed by atoms with E-state index in [0.717, 1.165) is 0 Å². The van der Waals surface area contributed by atoms with Gasteiger partial charge in [0.1, 0.15) is 0 Å². The fourth-order valence-electron chi connectivity index (χ4n) is 1.26. The lowest BCUT2D eigenvalue weighted by atomic mass is 10.2. The normalized spacial score (nSPS) is 10.7. The molecule has 19 heavy (non-hydrogen) atoms. The minimum absolute atomic E-state index is 0.0316. The molecule has 0 aliphatic rings. The molecule has 0 heterocycles. The van der Waals surface area contributed by atoms with Gasteiger partial charge in [0.15, 0.2) is 11.5 Å². The summed E-state index contributed by atoms with van der Waals surface area (Å²) < 4.78 is 33.9. The molecule has 0 aliphatic heterocycles. The van der Waals surface area contributed by atoms with Crippen molar-refractivity contribution >= 4 is 12.2 Å². The number of hydrogen-bond acceptors (Lipinski definition) is 3. The molecule has 6 nitrogen and oxygen atoms in total. The zero-order valence-corrected chi connectivity index (χ0v) is 10.3. The Balaban J connectivity index is 2.95. The quantitative estimate of drug-likeness (QED) is 0.365. The second-order valence-corrected chi connectivity index (χ2v) is 3.33. The second-order valence-electron chi connectivity index (χ2n) is 3.33. The molecule has 8 heteroatoms. The Morgan fingerprint density at radius 1 is 1.42 bits per heavy atom. The summed E-state index contributed by atoms with van der Waals surface area (Å²) in [4.78, 5) is 0. The van der Waals surface area contributed by atoms with Crippen molar-refractivity contribution in [1.82, 2.24) is 0 Å². The highest BCUT2D eigenvalue weighted by atomic mass is 19.3. The molecule has 0 saturated heterocycles. The summed E-state index contributed by atoms with van der Waals surface area (Å²) in [5, 5.41) is 6.04. The largest absolute Gasteiger partial charge is 0.490 e. The molecule has 1 aromatic rings.